The summed E-state index contributed by atoms with van der Waals surface area (Å²) >= 11 is 0. The summed E-state index contributed by atoms with van der Waals surface area (Å²) in [5.74, 6) is 0.184. The number of carbonyl (C=O) groups is 1. The van der Waals surface area contributed by atoms with Gasteiger partial charge in [0.2, 0.25) is 11.7 Å². The zero-order chi connectivity index (χ0) is 41.5. The standard InChI is InChI=1S/C46H63N3O9/c1-6-26-55-46-41(48(5)42(52)23-20-31-14-7-8-15-31)30-39(47-58-45(2,3)4)37-27-32(16-9-11-24-50)36(19-10-12-25-51)43(44(37)46)38-29-35(21-22-40(38)57-46)56-34-18-13-17-33(28-34)49(53)54/h6,13,17-18,21-22,27-29,31-32,36,41,43-44,50-51H,1,7-12,14-16,19-20,23-26,30H2,2-5H3/t32-,36+,41-,43+,44+,46+/m0/s1. The van der Waals surface area contributed by atoms with Crippen LogP contribution in [0.5, 0.6) is 17.2 Å². The number of oxime groups is 1. The summed E-state index contributed by atoms with van der Waals surface area (Å²) in [6.45, 7) is 10.3. The first-order chi connectivity index (χ1) is 27.9. The normalized spacial score (nSPS) is 25.9. The van der Waals surface area contributed by atoms with E-state index in [0.29, 0.717) is 48.8 Å². The smallest absolute Gasteiger partial charge is 0.273 e. The highest BCUT2D eigenvalue weighted by Crippen LogP contribution is 2.62. The molecule has 1 aliphatic heterocycles. The van der Waals surface area contributed by atoms with Crippen molar-refractivity contribution in [3.8, 4) is 17.2 Å². The second-order valence-corrected chi connectivity index (χ2v) is 17.5. The fourth-order valence-electron chi connectivity index (χ4n) is 9.76. The molecule has 0 unspecified atom stereocenters. The molecule has 0 aromatic heterocycles. The average molecular weight is 802 g/mol. The number of hydrogen-bond acceptors (Lipinski definition) is 10. The minimum atomic E-state index is -1.33. The number of aliphatic hydroxyl groups is 2. The molecule has 58 heavy (non-hydrogen) atoms. The van der Waals surface area contributed by atoms with Gasteiger partial charge in [0, 0.05) is 50.7 Å². The summed E-state index contributed by atoms with van der Waals surface area (Å²) in [6, 6.07) is 11.2. The number of nitro groups is 1. The molecule has 3 aliphatic carbocycles. The number of benzene rings is 2. The molecule has 316 valence electrons. The quantitative estimate of drug-likeness (QED) is 0.0613. The lowest BCUT2D eigenvalue weighted by Crippen LogP contribution is -2.69. The highest BCUT2D eigenvalue weighted by atomic mass is 16.7. The van der Waals surface area contributed by atoms with E-state index < -0.39 is 28.3 Å². The largest absolute Gasteiger partial charge is 0.459 e. The van der Waals surface area contributed by atoms with Gasteiger partial charge in [-0.1, -0.05) is 61.9 Å². The maximum atomic E-state index is 14.3. The number of aliphatic hydroxyl groups excluding tert-OH is 2. The Kier molecular flexibility index (Phi) is 14.3. The van der Waals surface area contributed by atoms with E-state index in [2.05, 4.69) is 12.7 Å². The first kappa shape index (κ1) is 43.3. The predicted molar refractivity (Wildman–Crippen MR) is 223 cm³/mol. The van der Waals surface area contributed by atoms with Crippen LogP contribution in [-0.2, 0) is 14.4 Å². The van der Waals surface area contributed by atoms with Gasteiger partial charge in [0.15, 0.2) is 0 Å². The minimum Gasteiger partial charge on any atom is -0.459 e. The van der Waals surface area contributed by atoms with E-state index >= 15 is 0 Å². The average Bonchev–Trinajstić information content (AvgIpc) is 3.73. The van der Waals surface area contributed by atoms with Crippen molar-refractivity contribution in [3.05, 3.63) is 82.4 Å². The number of likely N-dealkylation sites (N-methyl/N-ethyl adjacent to an activating group) is 1. The monoisotopic (exact) mass is 801 g/mol. The predicted octanol–water partition coefficient (Wildman–Crippen LogP) is 9.25. The van der Waals surface area contributed by atoms with E-state index in [1.807, 2.05) is 44.9 Å². The lowest BCUT2D eigenvalue weighted by Gasteiger charge is -2.59. The van der Waals surface area contributed by atoms with Crippen molar-refractivity contribution < 1.29 is 39.0 Å². The molecule has 0 radical (unpaired) electrons. The highest BCUT2D eigenvalue weighted by Gasteiger charge is 2.65. The van der Waals surface area contributed by atoms with E-state index in [9.17, 15) is 25.1 Å². The first-order valence-corrected chi connectivity index (χ1v) is 21.3. The van der Waals surface area contributed by atoms with Crippen LogP contribution < -0.4 is 9.47 Å². The molecule has 0 spiro atoms. The summed E-state index contributed by atoms with van der Waals surface area (Å²) in [7, 11) is 1.86. The van der Waals surface area contributed by atoms with Gasteiger partial charge in [0.25, 0.3) is 5.69 Å². The van der Waals surface area contributed by atoms with Gasteiger partial charge in [-0.2, -0.15) is 0 Å². The third-order valence-corrected chi connectivity index (χ3v) is 12.4. The molecule has 12 nitrogen and oxygen atoms in total. The fourth-order valence-corrected chi connectivity index (χ4v) is 9.76. The van der Waals surface area contributed by atoms with Gasteiger partial charge in [-0.05, 0) is 100 Å². The minimum absolute atomic E-state index is 0.0332. The summed E-state index contributed by atoms with van der Waals surface area (Å²) in [5, 5.41) is 36.2. The molecule has 2 aromatic carbocycles. The molecule has 2 saturated carbocycles. The number of hydrogen-bond donors (Lipinski definition) is 2. The number of ether oxygens (including phenoxy) is 3. The van der Waals surface area contributed by atoms with E-state index in [4.69, 9.17) is 24.2 Å². The zero-order valence-electron chi connectivity index (χ0n) is 34.8. The number of nitro benzene ring substituents is 1. The molecule has 4 aliphatic rings. The third-order valence-electron chi connectivity index (χ3n) is 12.4. The van der Waals surface area contributed by atoms with Crippen molar-refractivity contribution in [1.82, 2.24) is 4.90 Å². The van der Waals surface area contributed by atoms with Gasteiger partial charge >= 0.3 is 0 Å². The number of carbonyl (C=O) groups excluding carboxylic acids is 1. The Morgan fingerprint density at radius 2 is 1.78 bits per heavy atom. The Labute approximate surface area is 343 Å². The maximum Gasteiger partial charge on any atom is 0.273 e. The summed E-state index contributed by atoms with van der Waals surface area (Å²) in [5.41, 5.74) is 1.98. The number of unbranched alkanes of at least 4 members (excludes halogenated alkanes) is 2. The van der Waals surface area contributed by atoms with Crippen molar-refractivity contribution in [2.75, 3.05) is 26.9 Å². The molecule has 2 fully saturated rings. The number of nitrogens with zero attached hydrogens (tertiary/aromatic N) is 3. The van der Waals surface area contributed by atoms with Crippen LogP contribution in [0.3, 0.4) is 0 Å². The zero-order valence-corrected chi connectivity index (χ0v) is 34.8. The third kappa shape index (κ3) is 9.77. The second kappa shape index (κ2) is 19.2. The van der Waals surface area contributed by atoms with Crippen molar-refractivity contribution in [1.29, 1.82) is 0 Å². The van der Waals surface area contributed by atoms with Crippen LogP contribution in [-0.4, -0.2) is 76.0 Å². The lowest BCUT2D eigenvalue weighted by molar-refractivity contribution is -0.384. The first-order valence-electron chi connectivity index (χ1n) is 21.3. The Morgan fingerprint density at radius 3 is 2.47 bits per heavy atom. The van der Waals surface area contributed by atoms with Crippen LogP contribution in [0.1, 0.15) is 116 Å². The summed E-state index contributed by atoms with van der Waals surface area (Å²) in [4.78, 5) is 33.5. The van der Waals surface area contributed by atoms with E-state index in [-0.39, 0.29) is 49.2 Å². The molecule has 0 bridgehead atoms. The SMILES string of the molecule is C=CCO[C@@]12Oc3ccc(Oc4cccc([N+](=O)[O-])c4)cc3[C@H]3[C@H](CCCCO)[C@@H](CCCCO)C=C(C(=NOC(C)(C)C)C[C@@H]1N(C)C(=O)CCC1CCCC1)[C@H]32. The summed E-state index contributed by atoms with van der Waals surface area (Å²) < 4.78 is 20.6. The number of rotatable bonds is 19. The van der Waals surface area contributed by atoms with Crippen molar-refractivity contribution in [2.24, 2.45) is 28.8 Å². The van der Waals surface area contributed by atoms with Crippen molar-refractivity contribution >= 4 is 17.3 Å². The molecule has 2 aromatic rings. The topological polar surface area (TPSA) is 153 Å². The Balaban J connectivity index is 1.53. The highest BCUT2D eigenvalue weighted by molar-refractivity contribution is 6.03. The number of allylic oxidation sites excluding steroid dienone is 1. The molecule has 0 saturated heterocycles. The number of non-ortho nitro benzene ring substituents is 1. The summed E-state index contributed by atoms with van der Waals surface area (Å²) in [6.07, 6.45) is 15.0. The Bertz CT molecular complexity index is 1820. The van der Waals surface area contributed by atoms with Crippen LogP contribution in [0.15, 0.2) is 71.9 Å². The molecule has 6 atom stereocenters. The Hall–Kier alpha value is -4.26. The van der Waals surface area contributed by atoms with Gasteiger partial charge < -0.3 is 34.2 Å². The van der Waals surface area contributed by atoms with Crippen molar-refractivity contribution in [2.45, 2.75) is 128 Å². The van der Waals surface area contributed by atoms with Crippen LogP contribution in [0.4, 0.5) is 5.69 Å². The second-order valence-electron chi connectivity index (χ2n) is 17.5. The molecular weight excluding hydrogens is 739 g/mol. The van der Waals surface area contributed by atoms with E-state index in [1.54, 1.807) is 24.3 Å². The number of fused-ring (bicyclic) bond motifs is 2. The lowest BCUT2D eigenvalue weighted by atomic mass is 9.55. The van der Waals surface area contributed by atoms with Gasteiger partial charge in [-0.25, -0.2) is 0 Å². The van der Waals surface area contributed by atoms with E-state index in [1.165, 1.54) is 25.0 Å². The van der Waals surface area contributed by atoms with Gasteiger partial charge in [-0.3, -0.25) is 14.9 Å². The molecule has 1 amide bonds. The molecule has 6 rings (SSSR count). The fraction of sp³-hybridized carbons (Fsp3) is 0.609. The van der Waals surface area contributed by atoms with Crippen LogP contribution in [0, 0.1) is 33.8 Å². The number of amides is 1. The Morgan fingerprint density at radius 1 is 1.05 bits per heavy atom. The van der Waals surface area contributed by atoms with E-state index in [0.717, 1.165) is 61.8 Å². The van der Waals surface area contributed by atoms with Crippen LogP contribution >= 0.6 is 0 Å². The van der Waals surface area contributed by atoms with Crippen molar-refractivity contribution in [3.63, 3.8) is 0 Å². The molecular formula is C46H63N3O9. The molecule has 1 heterocycles. The van der Waals surface area contributed by atoms with Gasteiger partial charge in [0.1, 0.15) is 28.9 Å². The molecule has 2 N–H and O–H groups in total. The van der Waals surface area contributed by atoms with Crippen LogP contribution in [0.2, 0.25) is 0 Å². The van der Waals surface area contributed by atoms with Crippen LogP contribution in [0.25, 0.3) is 0 Å². The van der Waals surface area contributed by atoms with Gasteiger partial charge in [-0.15, -0.1) is 6.58 Å². The molecule has 12 heteroatoms. The maximum absolute atomic E-state index is 14.3. The van der Waals surface area contributed by atoms with Gasteiger partial charge in [0.05, 0.1) is 29.2 Å².